The molecule has 0 spiro atoms. The molecule has 6 heteroatoms. The number of carbonyl (C=O) groups excluding carboxylic acids is 1. The number of benzene rings is 1. The zero-order valence-electron chi connectivity index (χ0n) is 11.4. The lowest BCUT2D eigenvalue weighted by molar-refractivity contribution is 0.0469. The van der Waals surface area contributed by atoms with Gasteiger partial charge in [-0.05, 0) is 12.1 Å². The number of hydrogen-bond acceptors (Lipinski definition) is 5. The first-order chi connectivity index (χ1) is 10.3. The molecular formula is C15H13N3O3. The van der Waals surface area contributed by atoms with E-state index in [2.05, 4.69) is 15.2 Å². The summed E-state index contributed by atoms with van der Waals surface area (Å²) in [6.07, 6.45) is 3.27. The Morgan fingerprint density at radius 1 is 1.33 bits per heavy atom. The fourth-order valence-corrected chi connectivity index (χ4v) is 2.02. The number of ether oxygens (including phenoxy) is 2. The molecule has 0 amide bonds. The lowest BCUT2D eigenvalue weighted by atomic mass is 10.1. The van der Waals surface area contributed by atoms with Gasteiger partial charge in [0.2, 0.25) is 0 Å². The Morgan fingerprint density at radius 3 is 3.10 bits per heavy atom. The average Bonchev–Trinajstić information content (AvgIpc) is 3.01. The molecule has 0 aliphatic carbocycles. The van der Waals surface area contributed by atoms with Crippen LogP contribution in [0.25, 0.3) is 10.9 Å². The van der Waals surface area contributed by atoms with Crippen LogP contribution in [0.5, 0.6) is 5.75 Å². The van der Waals surface area contributed by atoms with Gasteiger partial charge in [0, 0.05) is 17.6 Å². The van der Waals surface area contributed by atoms with E-state index < -0.39 is 5.97 Å². The van der Waals surface area contributed by atoms with Crippen molar-refractivity contribution in [3.05, 3.63) is 54.0 Å². The van der Waals surface area contributed by atoms with Crippen molar-refractivity contribution >= 4 is 16.9 Å². The van der Waals surface area contributed by atoms with E-state index in [1.54, 1.807) is 43.8 Å². The zero-order chi connectivity index (χ0) is 14.7. The number of carbonyl (C=O) groups is 1. The van der Waals surface area contributed by atoms with Crippen LogP contribution >= 0.6 is 0 Å². The van der Waals surface area contributed by atoms with E-state index in [1.165, 1.54) is 0 Å². The standard InChI is InChI=1S/C15H13N3O3/c1-20-12-5-6-16-11(7-12)9-21-15(19)13-4-2-3-10-8-17-18-14(10)13/h2-8H,9H2,1H3,(H,17,18). The highest BCUT2D eigenvalue weighted by molar-refractivity contribution is 6.02. The number of H-pyrrole nitrogens is 1. The van der Waals surface area contributed by atoms with Crippen LogP contribution in [0.4, 0.5) is 0 Å². The summed E-state index contributed by atoms with van der Waals surface area (Å²) in [6, 6.07) is 8.82. The summed E-state index contributed by atoms with van der Waals surface area (Å²) in [7, 11) is 1.57. The van der Waals surface area contributed by atoms with Crippen LogP contribution < -0.4 is 4.74 Å². The number of aromatic amines is 1. The summed E-state index contributed by atoms with van der Waals surface area (Å²) >= 11 is 0. The second-order valence-electron chi connectivity index (χ2n) is 4.40. The molecule has 3 aromatic rings. The van der Waals surface area contributed by atoms with Crippen LogP contribution in [-0.2, 0) is 11.3 Å². The van der Waals surface area contributed by atoms with Crippen molar-refractivity contribution < 1.29 is 14.3 Å². The smallest absolute Gasteiger partial charge is 0.340 e. The molecule has 0 aliphatic heterocycles. The van der Waals surface area contributed by atoms with Crippen LogP contribution in [0.1, 0.15) is 16.1 Å². The summed E-state index contributed by atoms with van der Waals surface area (Å²) in [5.74, 6) is 0.251. The number of aromatic nitrogens is 3. The molecule has 0 bridgehead atoms. The summed E-state index contributed by atoms with van der Waals surface area (Å²) in [4.78, 5) is 16.3. The molecule has 21 heavy (non-hydrogen) atoms. The first-order valence-corrected chi connectivity index (χ1v) is 6.36. The van der Waals surface area contributed by atoms with Gasteiger partial charge in [-0.15, -0.1) is 0 Å². The van der Waals surface area contributed by atoms with Crippen molar-refractivity contribution in [1.29, 1.82) is 0 Å². The highest BCUT2D eigenvalue weighted by Crippen LogP contribution is 2.17. The average molecular weight is 283 g/mol. The first-order valence-electron chi connectivity index (χ1n) is 6.36. The van der Waals surface area contributed by atoms with Crippen LogP contribution in [0.15, 0.2) is 42.7 Å². The molecule has 6 nitrogen and oxygen atoms in total. The summed E-state index contributed by atoms with van der Waals surface area (Å²) < 4.78 is 10.4. The third kappa shape index (κ3) is 2.69. The third-order valence-corrected chi connectivity index (χ3v) is 3.07. The van der Waals surface area contributed by atoms with Crippen molar-refractivity contribution in [3.63, 3.8) is 0 Å². The van der Waals surface area contributed by atoms with Gasteiger partial charge in [-0.3, -0.25) is 10.1 Å². The first kappa shape index (κ1) is 13.1. The largest absolute Gasteiger partial charge is 0.497 e. The molecular weight excluding hydrogens is 270 g/mol. The van der Waals surface area contributed by atoms with Gasteiger partial charge in [0.25, 0.3) is 0 Å². The van der Waals surface area contributed by atoms with E-state index >= 15 is 0 Å². The van der Waals surface area contributed by atoms with E-state index in [4.69, 9.17) is 9.47 Å². The Hall–Kier alpha value is -2.89. The van der Waals surface area contributed by atoms with E-state index in [0.29, 0.717) is 22.5 Å². The van der Waals surface area contributed by atoms with Crippen molar-refractivity contribution in [3.8, 4) is 5.75 Å². The quantitative estimate of drug-likeness (QED) is 0.743. The van der Waals surface area contributed by atoms with E-state index in [-0.39, 0.29) is 6.61 Å². The molecule has 2 aromatic heterocycles. The second-order valence-corrected chi connectivity index (χ2v) is 4.40. The number of esters is 1. The van der Waals surface area contributed by atoms with E-state index in [9.17, 15) is 4.79 Å². The maximum Gasteiger partial charge on any atom is 0.340 e. The van der Waals surface area contributed by atoms with Crippen LogP contribution in [0.3, 0.4) is 0 Å². The maximum atomic E-state index is 12.2. The lowest BCUT2D eigenvalue weighted by Crippen LogP contribution is -2.07. The zero-order valence-corrected chi connectivity index (χ0v) is 11.4. The third-order valence-electron chi connectivity index (χ3n) is 3.07. The minimum Gasteiger partial charge on any atom is -0.497 e. The SMILES string of the molecule is COc1ccnc(COC(=O)c2cccc3cn[nH]c23)c1. The monoisotopic (exact) mass is 283 g/mol. The molecule has 0 saturated carbocycles. The van der Waals surface area contributed by atoms with Crippen LogP contribution in [0, 0.1) is 0 Å². The Morgan fingerprint density at radius 2 is 2.24 bits per heavy atom. The number of nitrogens with zero attached hydrogens (tertiary/aromatic N) is 2. The highest BCUT2D eigenvalue weighted by atomic mass is 16.5. The number of fused-ring (bicyclic) bond motifs is 1. The highest BCUT2D eigenvalue weighted by Gasteiger charge is 2.13. The number of nitrogens with one attached hydrogen (secondary N) is 1. The summed E-state index contributed by atoms with van der Waals surface area (Å²) in [6.45, 7) is 0.0839. The van der Waals surface area contributed by atoms with Gasteiger partial charge < -0.3 is 9.47 Å². The van der Waals surface area contributed by atoms with Crippen LogP contribution in [-0.4, -0.2) is 28.3 Å². The topological polar surface area (TPSA) is 77.1 Å². The molecule has 0 unspecified atom stereocenters. The van der Waals surface area contributed by atoms with Gasteiger partial charge >= 0.3 is 5.97 Å². The molecule has 3 rings (SSSR count). The van der Waals surface area contributed by atoms with Crippen molar-refractivity contribution in [2.24, 2.45) is 0 Å². The van der Waals surface area contributed by atoms with Gasteiger partial charge in [-0.1, -0.05) is 12.1 Å². The predicted molar refractivity (Wildman–Crippen MR) is 76.0 cm³/mol. The number of para-hydroxylation sites is 1. The molecule has 106 valence electrons. The molecule has 0 atom stereocenters. The fourth-order valence-electron chi connectivity index (χ4n) is 2.02. The maximum absolute atomic E-state index is 12.2. The van der Waals surface area contributed by atoms with Crippen molar-refractivity contribution in [2.45, 2.75) is 6.61 Å². The predicted octanol–water partition coefficient (Wildman–Crippen LogP) is 2.32. The number of methoxy groups -OCH3 is 1. The van der Waals surface area contributed by atoms with Crippen molar-refractivity contribution in [2.75, 3.05) is 7.11 Å². The Labute approximate surface area is 120 Å². The Kier molecular flexibility index (Phi) is 3.51. The van der Waals surface area contributed by atoms with Gasteiger partial charge in [0.05, 0.1) is 30.1 Å². The molecule has 2 heterocycles. The summed E-state index contributed by atoms with van der Waals surface area (Å²) in [5, 5.41) is 7.59. The minimum atomic E-state index is -0.422. The molecule has 1 aromatic carbocycles. The number of hydrogen-bond donors (Lipinski definition) is 1. The van der Waals surface area contributed by atoms with Gasteiger partial charge in [-0.25, -0.2) is 4.79 Å². The minimum absolute atomic E-state index is 0.0839. The molecule has 0 fully saturated rings. The Balaban J connectivity index is 1.76. The Bertz CT molecular complexity index is 782. The molecule has 0 radical (unpaired) electrons. The van der Waals surface area contributed by atoms with E-state index in [1.807, 2.05) is 6.07 Å². The van der Waals surface area contributed by atoms with Crippen molar-refractivity contribution in [1.82, 2.24) is 15.2 Å². The lowest BCUT2D eigenvalue weighted by Gasteiger charge is -2.06. The van der Waals surface area contributed by atoms with Gasteiger partial charge in [-0.2, -0.15) is 5.10 Å². The normalized spacial score (nSPS) is 10.5. The molecule has 1 N–H and O–H groups in total. The van der Waals surface area contributed by atoms with Gasteiger partial charge in [0.1, 0.15) is 12.4 Å². The molecule has 0 saturated heterocycles. The van der Waals surface area contributed by atoms with Gasteiger partial charge in [0.15, 0.2) is 0 Å². The number of pyridine rings is 1. The fraction of sp³-hybridized carbons (Fsp3) is 0.133. The second kappa shape index (κ2) is 5.62. The summed E-state index contributed by atoms with van der Waals surface area (Å²) in [5.41, 5.74) is 1.74. The number of rotatable bonds is 4. The molecule has 0 aliphatic rings. The van der Waals surface area contributed by atoms with Crippen LogP contribution in [0.2, 0.25) is 0 Å². The van der Waals surface area contributed by atoms with E-state index in [0.717, 1.165) is 5.39 Å².